The van der Waals surface area contributed by atoms with Crippen LogP contribution in [-0.4, -0.2) is 24.9 Å². The molecule has 0 spiro atoms. The average molecular weight is 184 g/mol. The van der Waals surface area contributed by atoms with Gasteiger partial charge >= 0.3 is 0 Å². The Kier molecular flexibility index (Phi) is 2.61. The van der Waals surface area contributed by atoms with Crippen molar-refractivity contribution in [1.82, 2.24) is 0 Å². The summed E-state index contributed by atoms with van der Waals surface area (Å²) in [7, 11) is 0. The number of ether oxygens (including phenoxy) is 1. The van der Waals surface area contributed by atoms with E-state index in [0.717, 1.165) is 25.0 Å². The Bertz CT molecular complexity index is 173. The molecular weight excluding hydrogens is 164 g/mol. The van der Waals surface area contributed by atoms with Gasteiger partial charge in [0.1, 0.15) is 0 Å². The topological polar surface area (TPSA) is 29.5 Å². The van der Waals surface area contributed by atoms with Crippen LogP contribution >= 0.6 is 0 Å². The van der Waals surface area contributed by atoms with Crippen LogP contribution in [0, 0.1) is 17.3 Å². The number of aliphatic hydroxyl groups excluding tert-OH is 1. The van der Waals surface area contributed by atoms with E-state index in [1.165, 1.54) is 25.7 Å². The molecular formula is C11H20O2. The lowest BCUT2D eigenvalue weighted by Crippen LogP contribution is -2.30. The smallest absolute Gasteiger partial charge is 0.0544 e. The van der Waals surface area contributed by atoms with Gasteiger partial charge in [0.15, 0.2) is 0 Å². The fourth-order valence-electron chi connectivity index (χ4n) is 1.82. The van der Waals surface area contributed by atoms with Gasteiger partial charge in [0.25, 0.3) is 0 Å². The highest BCUT2D eigenvalue weighted by molar-refractivity contribution is 4.90. The first-order chi connectivity index (χ1) is 6.24. The van der Waals surface area contributed by atoms with E-state index in [2.05, 4.69) is 6.92 Å². The highest BCUT2D eigenvalue weighted by atomic mass is 16.5. The number of hydrogen-bond acceptors (Lipinski definition) is 2. The fourth-order valence-corrected chi connectivity index (χ4v) is 1.82. The van der Waals surface area contributed by atoms with E-state index >= 15 is 0 Å². The number of hydrogen-bond donors (Lipinski definition) is 1. The van der Waals surface area contributed by atoms with Gasteiger partial charge in [0, 0.05) is 12.0 Å². The van der Waals surface area contributed by atoms with E-state index in [1.807, 2.05) is 0 Å². The van der Waals surface area contributed by atoms with E-state index in [1.54, 1.807) is 0 Å². The molecule has 0 aliphatic heterocycles. The zero-order valence-electron chi connectivity index (χ0n) is 8.46. The van der Waals surface area contributed by atoms with E-state index in [-0.39, 0.29) is 12.0 Å². The van der Waals surface area contributed by atoms with Crippen molar-refractivity contribution in [2.24, 2.45) is 17.3 Å². The van der Waals surface area contributed by atoms with Crippen molar-refractivity contribution in [3.63, 3.8) is 0 Å². The zero-order valence-corrected chi connectivity index (χ0v) is 8.46. The van der Waals surface area contributed by atoms with E-state index in [4.69, 9.17) is 4.74 Å². The fraction of sp³-hybridized carbons (Fsp3) is 1.00. The zero-order chi connectivity index (χ0) is 9.31. The van der Waals surface area contributed by atoms with Crippen LogP contribution in [0.25, 0.3) is 0 Å². The third kappa shape index (κ3) is 2.44. The van der Waals surface area contributed by atoms with Crippen molar-refractivity contribution in [3.05, 3.63) is 0 Å². The molecule has 2 heteroatoms. The molecule has 0 saturated heterocycles. The summed E-state index contributed by atoms with van der Waals surface area (Å²) >= 11 is 0. The SMILES string of the molecule is CC(CO)(COCC1CC1)C1CC1. The summed E-state index contributed by atoms with van der Waals surface area (Å²) in [6.07, 6.45) is 5.26. The van der Waals surface area contributed by atoms with Crippen LogP contribution in [0.3, 0.4) is 0 Å². The maximum atomic E-state index is 9.30. The minimum atomic E-state index is 0.0505. The third-order valence-corrected chi connectivity index (χ3v) is 3.41. The molecule has 1 N–H and O–H groups in total. The van der Waals surface area contributed by atoms with Gasteiger partial charge in [0.05, 0.1) is 13.2 Å². The third-order valence-electron chi connectivity index (χ3n) is 3.41. The molecule has 0 radical (unpaired) electrons. The predicted octanol–water partition coefficient (Wildman–Crippen LogP) is 1.82. The van der Waals surface area contributed by atoms with Crippen molar-refractivity contribution in [1.29, 1.82) is 0 Å². The van der Waals surface area contributed by atoms with Crippen molar-refractivity contribution in [2.75, 3.05) is 19.8 Å². The number of rotatable bonds is 6. The molecule has 1 unspecified atom stereocenters. The van der Waals surface area contributed by atoms with Gasteiger partial charge in [0.2, 0.25) is 0 Å². The average Bonchev–Trinajstić information content (AvgIpc) is 2.96. The molecule has 2 aliphatic carbocycles. The summed E-state index contributed by atoms with van der Waals surface area (Å²) in [5.41, 5.74) is 0.0505. The standard InChI is InChI=1S/C11H20O2/c1-11(7-12,10-4-5-10)8-13-6-9-2-3-9/h9-10,12H,2-8H2,1H3. The van der Waals surface area contributed by atoms with Gasteiger partial charge < -0.3 is 9.84 Å². The Hall–Kier alpha value is -0.0800. The summed E-state index contributed by atoms with van der Waals surface area (Å²) in [5.74, 6) is 1.55. The molecule has 0 amide bonds. The van der Waals surface area contributed by atoms with Gasteiger partial charge in [-0.1, -0.05) is 6.92 Å². The molecule has 2 nitrogen and oxygen atoms in total. The van der Waals surface area contributed by atoms with Crippen LogP contribution in [0.5, 0.6) is 0 Å². The van der Waals surface area contributed by atoms with Crippen LogP contribution in [0.15, 0.2) is 0 Å². The van der Waals surface area contributed by atoms with Crippen molar-refractivity contribution >= 4 is 0 Å². The van der Waals surface area contributed by atoms with Gasteiger partial charge in [-0.3, -0.25) is 0 Å². The quantitative estimate of drug-likeness (QED) is 0.682. The Labute approximate surface area is 80.3 Å². The van der Waals surface area contributed by atoms with Crippen LogP contribution in [0.2, 0.25) is 0 Å². The minimum absolute atomic E-state index is 0.0505. The first kappa shape index (κ1) is 9.47. The summed E-state index contributed by atoms with van der Waals surface area (Å²) in [4.78, 5) is 0. The summed E-state index contributed by atoms with van der Waals surface area (Å²) in [6.45, 7) is 4.10. The largest absolute Gasteiger partial charge is 0.396 e. The van der Waals surface area contributed by atoms with Crippen LogP contribution in [-0.2, 0) is 4.74 Å². The molecule has 2 saturated carbocycles. The van der Waals surface area contributed by atoms with Gasteiger partial charge in [-0.2, -0.15) is 0 Å². The van der Waals surface area contributed by atoms with Gasteiger partial charge in [-0.15, -0.1) is 0 Å². The number of aliphatic hydroxyl groups is 1. The van der Waals surface area contributed by atoms with Gasteiger partial charge in [-0.05, 0) is 37.5 Å². The van der Waals surface area contributed by atoms with Crippen LogP contribution in [0.1, 0.15) is 32.6 Å². The van der Waals surface area contributed by atoms with Crippen LogP contribution in [0.4, 0.5) is 0 Å². The monoisotopic (exact) mass is 184 g/mol. The van der Waals surface area contributed by atoms with E-state index in [0.29, 0.717) is 0 Å². The first-order valence-corrected chi connectivity index (χ1v) is 5.43. The molecule has 0 aromatic heterocycles. The van der Waals surface area contributed by atoms with Crippen molar-refractivity contribution < 1.29 is 9.84 Å². The molecule has 13 heavy (non-hydrogen) atoms. The molecule has 1 atom stereocenters. The summed E-state index contributed by atoms with van der Waals surface area (Å²) < 4.78 is 5.65. The minimum Gasteiger partial charge on any atom is -0.396 e. The summed E-state index contributed by atoms with van der Waals surface area (Å²) in [5, 5.41) is 9.30. The second-order valence-corrected chi connectivity index (χ2v) is 5.04. The Morgan fingerprint density at radius 1 is 1.31 bits per heavy atom. The lowest BCUT2D eigenvalue weighted by Gasteiger charge is -2.26. The molecule has 0 bridgehead atoms. The predicted molar refractivity (Wildman–Crippen MR) is 51.5 cm³/mol. The molecule has 2 rings (SSSR count). The summed E-state index contributed by atoms with van der Waals surface area (Å²) in [6, 6.07) is 0. The maximum Gasteiger partial charge on any atom is 0.0544 e. The van der Waals surface area contributed by atoms with E-state index < -0.39 is 0 Å². The first-order valence-electron chi connectivity index (χ1n) is 5.43. The molecule has 0 heterocycles. The van der Waals surface area contributed by atoms with Crippen molar-refractivity contribution in [2.45, 2.75) is 32.6 Å². The molecule has 76 valence electrons. The van der Waals surface area contributed by atoms with Gasteiger partial charge in [-0.25, -0.2) is 0 Å². The molecule has 2 fully saturated rings. The highest BCUT2D eigenvalue weighted by Gasteiger charge is 2.41. The normalized spacial score (nSPS) is 27.2. The molecule has 0 aromatic rings. The molecule has 2 aliphatic rings. The lowest BCUT2D eigenvalue weighted by atomic mass is 9.87. The maximum absolute atomic E-state index is 9.30. The van der Waals surface area contributed by atoms with Crippen molar-refractivity contribution in [3.8, 4) is 0 Å². The Morgan fingerprint density at radius 3 is 2.46 bits per heavy atom. The Balaban J connectivity index is 1.68. The van der Waals surface area contributed by atoms with Crippen LogP contribution < -0.4 is 0 Å². The second-order valence-electron chi connectivity index (χ2n) is 5.04. The highest BCUT2D eigenvalue weighted by Crippen LogP contribution is 2.45. The lowest BCUT2D eigenvalue weighted by molar-refractivity contribution is 0.000179. The van der Waals surface area contributed by atoms with E-state index in [9.17, 15) is 5.11 Å². The second kappa shape index (κ2) is 3.58. The molecule has 0 aromatic carbocycles. The Morgan fingerprint density at radius 2 is 2.00 bits per heavy atom.